The van der Waals surface area contributed by atoms with Gasteiger partial charge in [0.05, 0.1) is 0 Å². The molecule has 2 aliphatic rings. The summed E-state index contributed by atoms with van der Waals surface area (Å²) in [5.41, 5.74) is 0. The van der Waals surface area contributed by atoms with Crippen LogP contribution in [0.5, 0.6) is 0 Å². The Morgan fingerprint density at radius 1 is 0.579 bits per heavy atom. The molecule has 0 aromatic heterocycles. The molecule has 0 spiro atoms. The molecule has 0 aliphatic heterocycles. The van der Waals surface area contributed by atoms with Crippen LogP contribution in [0.25, 0.3) is 0 Å². The van der Waals surface area contributed by atoms with Crippen molar-refractivity contribution in [1.82, 2.24) is 0 Å². The molecule has 0 aromatic rings. The van der Waals surface area contributed by atoms with Crippen LogP contribution < -0.4 is 0 Å². The van der Waals surface area contributed by atoms with Gasteiger partial charge in [0.25, 0.3) is 0 Å². The van der Waals surface area contributed by atoms with Crippen LogP contribution in [0.1, 0.15) is 79.1 Å². The van der Waals surface area contributed by atoms with Gasteiger partial charge in [-0.15, -0.1) is 0 Å². The van der Waals surface area contributed by atoms with Crippen molar-refractivity contribution in [3.63, 3.8) is 0 Å². The normalized spacial score (nSPS) is 19.3. The second-order valence-electron chi connectivity index (χ2n) is 6.58. The molecule has 0 heterocycles. The van der Waals surface area contributed by atoms with E-state index in [1.807, 2.05) is 0 Å². The minimum atomic E-state index is 0. The van der Waals surface area contributed by atoms with Gasteiger partial charge in [-0.05, 0) is 23.7 Å². The van der Waals surface area contributed by atoms with Gasteiger partial charge >= 0.3 is 17.1 Å². The first-order valence-corrected chi connectivity index (χ1v) is 7.61. The molecule has 0 nitrogen and oxygen atoms in total. The van der Waals surface area contributed by atoms with Crippen LogP contribution in [-0.4, -0.2) is 0 Å². The SMILES string of the molecule is CC(C)C1CCCC1.CC(C)C1CCCC1.[CH3-].[CH3-].[Fe+2]. The Bertz CT molecular complexity index is 143. The fraction of sp³-hybridized carbons (Fsp3) is 0.889. The fourth-order valence-corrected chi connectivity index (χ4v) is 3.25. The zero-order valence-corrected chi connectivity index (χ0v) is 15.4. The van der Waals surface area contributed by atoms with Gasteiger partial charge in [0.15, 0.2) is 0 Å². The van der Waals surface area contributed by atoms with Crippen LogP contribution >= 0.6 is 0 Å². The maximum absolute atomic E-state index is 2.34. The molecule has 0 amide bonds. The van der Waals surface area contributed by atoms with Gasteiger partial charge < -0.3 is 14.9 Å². The third-order valence-electron chi connectivity index (χ3n) is 4.69. The van der Waals surface area contributed by atoms with Crippen molar-refractivity contribution >= 4 is 0 Å². The third kappa shape index (κ3) is 9.97. The van der Waals surface area contributed by atoms with E-state index in [2.05, 4.69) is 27.7 Å². The Morgan fingerprint density at radius 2 is 0.789 bits per heavy atom. The first-order chi connectivity index (χ1) is 7.61. The summed E-state index contributed by atoms with van der Waals surface area (Å²) in [5, 5.41) is 0. The molecule has 2 aliphatic carbocycles. The number of hydrogen-bond acceptors (Lipinski definition) is 0. The molecule has 0 bridgehead atoms. The molecule has 0 saturated heterocycles. The summed E-state index contributed by atoms with van der Waals surface area (Å²) in [6.45, 7) is 9.37. The van der Waals surface area contributed by atoms with Gasteiger partial charge in [-0.25, -0.2) is 0 Å². The van der Waals surface area contributed by atoms with E-state index >= 15 is 0 Å². The van der Waals surface area contributed by atoms with Gasteiger partial charge in [-0.2, -0.15) is 0 Å². The second-order valence-corrected chi connectivity index (χ2v) is 6.58. The molecule has 0 aromatic carbocycles. The predicted molar refractivity (Wildman–Crippen MR) is 86.4 cm³/mol. The van der Waals surface area contributed by atoms with Crippen LogP contribution in [0.3, 0.4) is 0 Å². The minimum Gasteiger partial charge on any atom is -0.358 e. The van der Waals surface area contributed by atoms with Crippen molar-refractivity contribution in [2.24, 2.45) is 23.7 Å². The van der Waals surface area contributed by atoms with Crippen LogP contribution in [0.15, 0.2) is 0 Å². The fourth-order valence-electron chi connectivity index (χ4n) is 3.25. The van der Waals surface area contributed by atoms with Crippen LogP contribution in [0.4, 0.5) is 0 Å². The van der Waals surface area contributed by atoms with Crippen molar-refractivity contribution in [3.05, 3.63) is 14.9 Å². The van der Waals surface area contributed by atoms with E-state index in [0.717, 1.165) is 23.7 Å². The van der Waals surface area contributed by atoms with Gasteiger partial charge in [0, 0.05) is 0 Å². The molecule has 2 fully saturated rings. The second kappa shape index (κ2) is 13.5. The van der Waals surface area contributed by atoms with E-state index in [1.54, 1.807) is 0 Å². The summed E-state index contributed by atoms with van der Waals surface area (Å²) >= 11 is 0. The van der Waals surface area contributed by atoms with E-state index in [4.69, 9.17) is 0 Å². The largest absolute Gasteiger partial charge is 2.00 e. The molecule has 0 unspecified atom stereocenters. The van der Waals surface area contributed by atoms with Gasteiger partial charge in [-0.1, -0.05) is 79.1 Å². The van der Waals surface area contributed by atoms with E-state index in [0.29, 0.717) is 0 Å². The Hall–Kier alpha value is 0.519. The first-order valence-electron chi connectivity index (χ1n) is 7.61. The zero-order chi connectivity index (χ0) is 12.0. The maximum atomic E-state index is 2.34. The van der Waals surface area contributed by atoms with Crippen LogP contribution in [-0.2, 0) is 17.1 Å². The number of rotatable bonds is 2. The molecular formula is C18H38Fe. The minimum absolute atomic E-state index is 0. The third-order valence-corrected chi connectivity index (χ3v) is 4.69. The topological polar surface area (TPSA) is 0 Å². The molecule has 118 valence electrons. The van der Waals surface area contributed by atoms with Crippen molar-refractivity contribution < 1.29 is 17.1 Å². The van der Waals surface area contributed by atoms with Gasteiger partial charge in [-0.3, -0.25) is 0 Å². The average Bonchev–Trinajstić information content (AvgIpc) is 2.93. The van der Waals surface area contributed by atoms with E-state index in [9.17, 15) is 0 Å². The summed E-state index contributed by atoms with van der Waals surface area (Å²) in [7, 11) is 0. The van der Waals surface area contributed by atoms with E-state index in [1.165, 1.54) is 51.4 Å². The Labute approximate surface area is 135 Å². The summed E-state index contributed by atoms with van der Waals surface area (Å²) in [6.07, 6.45) is 11.9. The smallest absolute Gasteiger partial charge is 0.358 e. The predicted octanol–water partition coefficient (Wildman–Crippen LogP) is 6.56. The summed E-state index contributed by atoms with van der Waals surface area (Å²) in [4.78, 5) is 0. The standard InChI is InChI=1S/2C8H16.2CH3.Fe/c2*1-7(2)8-5-3-4-6-8;;;/h2*7-8H,3-6H2,1-2H3;2*1H3;/q;;2*-1;+2. The maximum Gasteiger partial charge on any atom is 2.00 e. The molecule has 2 rings (SSSR count). The average molecular weight is 310 g/mol. The monoisotopic (exact) mass is 310 g/mol. The zero-order valence-electron chi connectivity index (χ0n) is 14.3. The van der Waals surface area contributed by atoms with Crippen molar-refractivity contribution in [1.29, 1.82) is 0 Å². The van der Waals surface area contributed by atoms with Crippen LogP contribution in [0.2, 0.25) is 0 Å². The summed E-state index contributed by atoms with van der Waals surface area (Å²) in [5.74, 6) is 4.01. The molecule has 0 radical (unpaired) electrons. The van der Waals surface area contributed by atoms with E-state index < -0.39 is 0 Å². The Balaban J connectivity index is -0.000000233. The van der Waals surface area contributed by atoms with Crippen molar-refractivity contribution in [2.45, 2.75) is 79.1 Å². The molecule has 0 atom stereocenters. The van der Waals surface area contributed by atoms with Crippen molar-refractivity contribution in [2.75, 3.05) is 0 Å². The molecular weight excluding hydrogens is 272 g/mol. The van der Waals surface area contributed by atoms with E-state index in [-0.39, 0.29) is 31.9 Å². The molecule has 1 heteroatoms. The molecule has 0 N–H and O–H groups in total. The Morgan fingerprint density at radius 3 is 0.895 bits per heavy atom. The van der Waals surface area contributed by atoms with Gasteiger partial charge in [0.1, 0.15) is 0 Å². The molecule has 19 heavy (non-hydrogen) atoms. The van der Waals surface area contributed by atoms with Crippen LogP contribution in [0, 0.1) is 38.5 Å². The van der Waals surface area contributed by atoms with Gasteiger partial charge in [0.2, 0.25) is 0 Å². The number of hydrogen-bond donors (Lipinski definition) is 0. The quantitative estimate of drug-likeness (QED) is 0.400. The Kier molecular flexibility index (Phi) is 17.4. The summed E-state index contributed by atoms with van der Waals surface area (Å²) in [6, 6.07) is 0. The van der Waals surface area contributed by atoms with Crippen molar-refractivity contribution in [3.8, 4) is 0 Å². The molecule has 2 saturated carbocycles. The summed E-state index contributed by atoms with van der Waals surface area (Å²) < 4.78 is 0. The first kappa shape index (κ1) is 24.5.